The molecule has 4 rings (SSSR count). The molecule has 1 spiro atoms. The molecule has 8 heteroatoms. The lowest BCUT2D eigenvalue weighted by Gasteiger charge is -2.33. The quantitative estimate of drug-likeness (QED) is 0.746. The molecule has 0 radical (unpaired) electrons. The van der Waals surface area contributed by atoms with E-state index in [-0.39, 0.29) is 6.54 Å². The van der Waals surface area contributed by atoms with Crippen molar-refractivity contribution in [3.05, 3.63) is 63.6 Å². The summed E-state index contributed by atoms with van der Waals surface area (Å²) >= 11 is 11.8. The molecule has 0 unspecified atom stereocenters. The number of amides is 4. The maximum absolute atomic E-state index is 13.2. The van der Waals surface area contributed by atoms with E-state index in [1.54, 1.807) is 12.1 Å². The number of nitrogens with zero attached hydrogens (tertiary/aromatic N) is 1. The molecule has 1 heterocycles. The molecule has 144 valence electrons. The first-order valence-corrected chi connectivity index (χ1v) is 9.64. The van der Waals surface area contributed by atoms with Crippen molar-refractivity contribution < 1.29 is 14.4 Å². The van der Waals surface area contributed by atoms with Gasteiger partial charge < -0.3 is 10.6 Å². The Morgan fingerprint density at radius 3 is 2.71 bits per heavy atom. The second-order valence-electron chi connectivity index (χ2n) is 6.91. The summed E-state index contributed by atoms with van der Waals surface area (Å²) in [6.07, 6.45) is 2.16. The molecule has 2 aromatic rings. The van der Waals surface area contributed by atoms with E-state index in [1.807, 2.05) is 24.3 Å². The number of anilines is 1. The summed E-state index contributed by atoms with van der Waals surface area (Å²) < 4.78 is 0. The summed E-state index contributed by atoms with van der Waals surface area (Å²) in [5.41, 5.74) is 1.20. The van der Waals surface area contributed by atoms with E-state index in [1.165, 1.54) is 6.07 Å². The van der Waals surface area contributed by atoms with Crippen molar-refractivity contribution in [1.82, 2.24) is 10.2 Å². The van der Waals surface area contributed by atoms with Gasteiger partial charge in [0.15, 0.2) is 0 Å². The second kappa shape index (κ2) is 7.11. The lowest BCUT2D eigenvalue weighted by atomic mass is 9.76. The average Bonchev–Trinajstić information content (AvgIpc) is 2.90. The van der Waals surface area contributed by atoms with Crippen LogP contribution in [-0.2, 0) is 21.5 Å². The van der Waals surface area contributed by atoms with Crippen molar-refractivity contribution in [2.45, 2.75) is 24.8 Å². The molecule has 1 aliphatic heterocycles. The van der Waals surface area contributed by atoms with Gasteiger partial charge in [0, 0.05) is 5.69 Å². The SMILES string of the molecule is O=C(CN1C(=O)N[C@]2(CCCc3ccccc32)C1=O)Nc1ccc(Cl)c(Cl)c1. The van der Waals surface area contributed by atoms with Gasteiger partial charge in [0.25, 0.3) is 5.91 Å². The molecule has 2 aliphatic rings. The molecule has 6 nitrogen and oxygen atoms in total. The lowest BCUT2D eigenvalue weighted by Crippen LogP contribution is -2.47. The Morgan fingerprint density at radius 2 is 1.93 bits per heavy atom. The first-order valence-electron chi connectivity index (χ1n) is 8.88. The van der Waals surface area contributed by atoms with Crippen molar-refractivity contribution in [1.29, 1.82) is 0 Å². The summed E-state index contributed by atoms with van der Waals surface area (Å²) in [6, 6.07) is 11.7. The molecule has 1 aliphatic carbocycles. The third-order valence-corrected chi connectivity index (χ3v) is 5.89. The minimum Gasteiger partial charge on any atom is -0.324 e. The van der Waals surface area contributed by atoms with Crippen LogP contribution in [0.25, 0.3) is 0 Å². The number of imide groups is 1. The Kier molecular flexibility index (Phi) is 4.77. The van der Waals surface area contributed by atoms with E-state index in [9.17, 15) is 14.4 Å². The molecule has 2 N–H and O–H groups in total. The number of hydrogen-bond acceptors (Lipinski definition) is 3. The molecule has 0 aromatic heterocycles. The monoisotopic (exact) mass is 417 g/mol. The third-order valence-electron chi connectivity index (χ3n) is 5.16. The predicted molar refractivity (Wildman–Crippen MR) is 106 cm³/mol. The van der Waals surface area contributed by atoms with Gasteiger partial charge in [-0.1, -0.05) is 47.5 Å². The molecule has 28 heavy (non-hydrogen) atoms. The summed E-state index contributed by atoms with van der Waals surface area (Å²) in [7, 11) is 0. The van der Waals surface area contributed by atoms with E-state index >= 15 is 0 Å². The number of hydrogen-bond donors (Lipinski definition) is 2. The van der Waals surface area contributed by atoms with E-state index in [2.05, 4.69) is 10.6 Å². The highest BCUT2D eigenvalue weighted by atomic mass is 35.5. The van der Waals surface area contributed by atoms with Crippen LogP contribution in [0.15, 0.2) is 42.5 Å². The van der Waals surface area contributed by atoms with Gasteiger partial charge >= 0.3 is 6.03 Å². The van der Waals surface area contributed by atoms with E-state index < -0.39 is 23.4 Å². The lowest BCUT2D eigenvalue weighted by molar-refractivity contribution is -0.134. The molecule has 2 aromatic carbocycles. The van der Waals surface area contributed by atoms with Crippen LogP contribution in [0.3, 0.4) is 0 Å². The number of halogens is 2. The standard InChI is InChI=1S/C20H17Cl2N3O3/c21-15-8-7-13(10-16(15)22)23-17(26)11-25-18(27)20(24-19(25)28)9-3-5-12-4-1-2-6-14(12)20/h1-2,4,6-8,10H,3,5,9,11H2,(H,23,26)(H,24,28)/t20-/m0/s1. The fourth-order valence-corrected chi connectivity index (χ4v) is 4.17. The Balaban J connectivity index is 1.54. The molecule has 0 bridgehead atoms. The summed E-state index contributed by atoms with van der Waals surface area (Å²) in [4.78, 5) is 39.1. The maximum atomic E-state index is 13.2. The molecule has 4 amide bonds. The molecule has 1 saturated heterocycles. The molecular formula is C20H17Cl2N3O3. The van der Waals surface area contributed by atoms with Gasteiger partial charge in [-0.2, -0.15) is 0 Å². The smallest absolute Gasteiger partial charge is 0.324 e. The number of carbonyl (C=O) groups excluding carboxylic acids is 3. The Morgan fingerprint density at radius 1 is 1.14 bits per heavy atom. The van der Waals surface area contributed by atoms with Crippen LogP contribution in [-0.4, -0.2) is 29.3 Å². The zero-order chi connectivity index (χ0) is 19.9. The molecule has 0 saturated carbocycles. The first kappa shape index (κ1) is 18.8. The highest BCUT2D eigenvalue weighted by Crippen LogP contribution is 2.39. The van der Waals surface area contributed by atoms with Crippen LogP contribution in [0.5, 0.6) is 0 Å². The van der Waals surface area contributed by atoms with Crippen LogP contribution < -0.4 is 10.6 Å². The summed E-state index contributed by atoms with van der Waals surface area (Å²) in [5.74, 6) is -0.892. The Labute approximate surface area is 171 Å². The number of carbonyl (C=O) groups is 3. The molecule has 1 fully saturated rings. The number of urea groups is 1. The van der Waals surface area contributed by atoms with Crippen LogP contribution in [0.1, 0.15) is 24.0 Å². The van der Waals surface area contributed by atoms with E-state index in [0.29, 0.717) is 22.2 Å². The van der Waals surface area contributed by atoms with Crippen molar-refractivity contribution in [2.75, 3.05) is 11.9 Å². The average molecular weight is 418 g/mol. The van der Waals surface area contributed by atoms with Crippen molar-refractivity contribution in [3.63, 3.8) is 0 Å². The zero-order valence-corrected chi connectivity index (χ0v) is 16.3. The van der Waals surface area contributed by atoms with Gasteiger partial charge in [0.05, 0.1) is 10.0 Å². The highest BCUT2D eigenvalue weighted by Gasteiger charge is 2.54. The fraction of sp³-hybridized carbons (Fsp3) is 0.250. The number of fused-ring (bicyclic) bond motifs is 2. The van der Waals surface area contributed by atoms with E-state index in [0.717, 1.165) is 28.9 Å². The van der Waals surface area contributed by atoms with Crippen LogP contribution >= 0.6 is 23.2 Å². The summed E-state index contributed by atoms with van der Waals surface area (Å²) in [5, 5.41) is 6.13. The van der Waals surface area contributed by atoms with Gasteiger partial charge in [0.2, 0.25) is 5.91 Å². The van der Waals surface area contributed by atoms with Crippen molar-refractivity contribution >= 4 is 46.7 Å². The third kappa shape index (κ3) is 3.12. The fourth-order valence-electron chi connectivity index (χ4n) is 3.87. The first-order chi connectivity index (χ1) is 13.4. The van der Waals surface area contributed by atoms with Gasteiger partial charge in [-0.3, -0.25) is 14.5 Å². The largest absolute Gasteiger partial charge is 0.325 e. The molecular weight excluding hydrogens is 401 g/mol. The minimum absolute atomic E-state index is 0.298. The number of rotatable bonds is 3. The Bertz CT molecular complexity index is 994. The minimum atomic E-state index is -1.09. The predicted octanol–water partition coefficient (Wildman–Crippen LogP) is 3.72. The van der Waals surface area contributed by atoms with Crippen LogP contribution in [0, 0.1) is 0 Å². The number of aryl methyl sites for hydroxylation is 1. The van der Waals surface area contributed by atoms with Gasteiger partial charge in [0.1, 0.15) is 12.1 Å². The van der Waals surface area contributed by atoms with Gasteiger partial charge in [-0.25, -0.2) is 4.79 Å². The van der Waals surface area contributed by atoms with Crippen molar-refractivity contribution in [2.24, 2.45) is 0 Å². The second-order valence-corrected chi connectivity index (χ2v) is 7.73. The van der Waals surface area contributed by atoms with Crippen LogP contribution in [0.2, 0.25) is 10.0 Å². The van der Waals surface area contributed by atoms with E-state index in [4.69, 9.17) is 23.2 Å². The van der Waals surface area contributed by atoms with Gasteiger partial charge in [-0.05, 0) is 48.6 Å². The highest BCUT2D eigenvalue weighted by molar-refractivity contribution is 6.42. The normalized spacial score (nSPS) is 20.9. The Hall–Kier alpha value is -2.57. The zero-order valence-electron chi connectivity index (χ0n) is 14.8. The number of nitrogens with one attached hydrogen (secondary N) is 2. The van der Waals surface area contributed by atoms with Crippen molar-refractivity contribution in [3.8, 4) is 0 Å². The van der Waals surface area contributed by atoms with Crippen LogP contribution in [0.4, 0.5) is 10.5 Å². The summed E-state index contributed by atoms with van der Waals surface area (Å²) in [6.45, 7) is -0.380. The maximum Gasteiger partial charge on any atom is 0.325 e. The molecule has 1 atom stereocenters. The topological polar surface area (TPSA) is 78.5 Å². The number of benzene rings is 2. The van der Waals surface area contributed by atoms with Gasteiger partial charge in [-0.15, -0.1) is 0 Å².